The van der Waals surface area contributed by atoms with Gasteiger partial charge in [-0.3, -0.25) is 14.9 Å². The number of carbonyl (C=O) groups excluding carboxylic acids is 1. The van der Waals surface area contributed by atoms with Gasteiger partial charge >= 0.3 is 0 Å². The molecule has 2 aromatic heterocycles. The summed E-state index contributed by atoms with van der Waals surface area (Å²) in [4.78, 5) is 25.0. The SMILES string of the molecule is Cc1nnc(NC(=O)c2nn(C(C)C)c(=O)c3ccccc23)s1. The maximum Gasteiger partial charge on any atom is 0.278 e. The standard InChI is InChI=1S/C15H15N5O2S/c1-8(2)20-14(22)11-7-5-4-6-10(11)12(19-20)13(21)16-15-18-17-9(3)23-15/h4-8H,1-3H3,(H,16,18,21). The van der Waals surface area contributed by atoms with E-state index in [0.717, 1.165) is 5.01 Å². The van der Waals surface area contributed by atoms with Gasteiger partial charge < -0.3 is 0 Å². The molecule has 118 valence electrons. The Labute approximate surface area is 136 Å². The molecule has 0 saturated carbocycles. The summed E-state index contributed by atoms with van der Waals surface area (Å²) >= 11 is 1.28. The first-order chi connectivity index (χ1) is 11.0. The smallest absolute Gasteiger partial charge is 0.278 e. The zero-order chi connectivity index (χ0) is 16.6. The molecule has 23 heavy (non-hydrogen) atoms. The fourth-order valence-corrected chi connectivity index (χ4v) is 2.81. The Morgan fingerprint density at radius 1 is 1.22 bits per heavy atom. The Balaban J connectivity index is 2.14. The molecule has 0 aliphatic heterocycles. The van der Waals surface area contributed by atoms with Crippen molar-refractivity contribution in [3.8, 4) is 0 Å². The lowest BCUT2D eigenvalue weighted by molar-refractivity contribution is 0.102. The van der Waals surface area contributed by atoms with Gasteiger partial charge in [0.2, 0.25) is 5.13 Å². The topological polar surface area (TPSA) is 89.8 Å². The number of benzene rings is 1. The zero-order valence-corrected chi connectivity index (χ0v) is 13.7. The maximum absolute atomic E-state index is 12.6. The highest BCUT2D eigenvalue weighted by Crippen LogP contribution is 2.18. The van der Waals surface area contributed by atoms with Crippen LogP contribution in [0.15, 0.2) is 29.1 Å². The van der Waals surface area contributed by atoms with Crippen LogP contribution in [0.2, 0.25) is 0 Å². The van der Waals surface area contributed by atoms with E-state index in [9.17, 15) is 9.59 Å². The van der Waals surface area contributed by atoms with Crippen molar-refractivity contribution in [2.45, 2.75) is 26.8 Å². The quantitative estimate of drug-likeness (QED) is 0.797. The summed E-state index contributed by atoms with van der Waals surface area (Å²) in [6, 6.07) is 6.81. The molecule has 1 amide bonds. The predicted octanol–water partition coefficient (Wildman–Crippen LogP) is 2.39. The lowest BCUT2D eigenvalue weighted by Gasteiger charge is -2.12. The molecular weight excluding hydrogens is 314 g/mol. The molecule has 1 N–H and O–H groups in total. The first-order valence-corrected chi connectivity index (χ1v) is 7.92. The molecule has 0 fully saturated rings. The van der Waals surface area contributed by atoms with E-state index >= 15 is 0 Å². The highest BCUT2D eigenvalue weighted by molar-refractivity contribution is 7.15. The molecule has 0 atom stereocenters. The number of fused-ring (bicyclic) bond motifs is 1. The van der Waals surface area contributed by atoms with Crippen LogP contribution in [0.4, 0.5) is 5.13 Å². The molecule has 0 bridgehead atoms. The fraction of sp³-hybridized carbons (Fsp3) is 0.267. The van der Waals surface area contributed by atoms with Gasteiger partial charge in [0.1, 0.15) is 5.01 Å². The van der Waals surface area contributed by atoms with Gasteiger partial charge in [0.15, 0.2) is 5.69 Å². The van der Waals surface area contributed by atoms with E-state index in [1.165, 1.54) is 16.0 Å². The Hall–Kier alpha value is -2.61. The number of anilines is 1. The summed E-state index contributed by atoms with van der Waals surface area (Å²) in [5.41, 5.74) is -0.0133. The number of nitrogens with zero attached hydrogens (tertiary/aromatic N) is 4. The molecule has 3 aromatic rings. The van der Waals surface area contributed by atoms with Crippen LogP contribution < -0.4 is 10.9 Å². The number of carbonyl (C=O) groups is 1. The van der Waals surface area contributed by atoms with Crippen LogP contribution in [-0.2, 0) is 0 Å². The summed E-state index contributed by atoms with van der Waals surface area (Å²) in [5.74, 6) is -0.410. The predicted molar refractivity (Wildman–Crippen MR) is 89.0 cm³/mol. The molecule has 0 saturated heterocycles. The number of hydrogen-bond donors (Lipinski definition) is 1. The molecule has 0 radical (unpaired) electrons. The van der Waals surface area contributed by atoms with E-state index in [-0.39, 0.29) is 17.3 Å². The Morgan fingerprint density at radius 3 is 2.52 bits per heavy atom. The minimum absolute atomic E-state index is 0.151. The van der Waals surface area contributed by atoms with Crippen molar-refractivity contribution in [3.05, 3.63) is 45.3 Å². The van der Waals surface area contributed by atoms with Crippen molar-refractivity contribution in [1.29, 1.82) is 0 Å². The Morgan fingerprint density at radius 2 is 1.91 bits per heavy atom. The second-order valence-corrected chi connectivity index (χ2v) is 6.50. The molecule has 1 aromatic carbocycles. The van der Waals surface area contributed by atoms with Crippen molar-refractivity contribution < 1.29 is 4.79 Å². The van der Waals surface area contributed by atoms with E-state index in [1.54, 1.807) is 31.2 Å². The van der Waals surface area contributed by atoms with Crippen LogP contribution in [0, 0.1) is 6.92 Å². The van der Waals surface area contributed by atoms with Crippen molar-refractivity contribution >= 4 is 33.1 Å². The number of rotatable bonds is 3. The third-order valence-electron chi connectivity index (χ3n) is 3.28. The van der Waals surface area contributed by atoms with E-state index in [1.807, 2.05) is 13.8 Å². The number of nitrogens with one attached hydrogen (secondary N) is 1. The summed E-state index contributed by atoms with van der Waals surface area (Å²) in [6.07, 6.45) is 0. The summed E-state index contributed by atoms with van der Waals surface area (Å²) < 4.78 is 1.32. The monoisotopic (exact) mass is 329 g/mol. The van der Waals surface area contributed by atoms with Crippen molar-refractivity contribution in [2.24, 2.45) is 0 Å². The molecule has 0 unspecified atom stereocenters. The molecule has 0 aliphatic carbocycles. The number of aromatic nitrogens is 4. The summed E-state index contributed by atoms with van der Waals surface area (Å²) in [7, 11) is 0. The molecule has 7 nitrogen and oxygen atoms in total. The minimum Gasteiger partial charge on any atom is -0.295 e. The van der Waals surface area contributed by atoms with Gasteiger partial charge in [0, 0.05) is 5.39 Å². The van der Waals surface area contributed by atoms with Gasteiger partial charge in [-0.2, -0.15) is 5.10 Å². The van der Waals surface area contributed by atoms with Gasteiger partial charge in [-0.1, -0.05) is 29.5 Å². The van der Waals surface area contributed by atoms with Crippen LogP contribution in [-0.4, -0.2) is 25.9 Å². The van der Waals surface area contributed by atoms with Crippen LogP contribution in [0.25, 0.3) is 10.8 Å². The van der Waals surface area contributed by atoms with Gasteiger partial charge in [-0.05, 0) is 26.8 Å². The average Bonchev–Trinajstić information content (AvgIpc) is 2.92. The van der Waals surface area contributed by atoms with Crippen LogP contribution >= 0.6 is 11.3 Å². The highest BCUT2D eigenvalue weighted by Gasteiger charge is 2.18. The normalized spacial score (nSPS) is 11.1. The van der Waals surface area contributed by atoms with Gasteiger partial charge in [0.25, 0.3) is 11.5 Å². The zero-order valence-electron chi connectivity index (χ0n) is 12.9. The molecule has 8 heteroatoms. The maximum atomic E-state index is 12.6. The van der Waals surface area contributed by atoms with E-state index in [0.29, 0.717) is 15.9 Å². The lowest BCUT2D eigenvalue weighted by atomic mass is 10.1. The number of aryl methyl sites for hydroxylation is 1. The van der Waals surface area contributed by atoms with Gasteiger partial charge in [0.05, 0.1) is 11.4 Å². The summed E-state index contributed by atoms with van der Waals surface area (Å²) in [6.45, 7) is 5.50. The molecule has 2 heterocycles. The Kier molecular flexibility index (Phi) is 3.91. The van der Waals surface area contributed by atoms with Crippen molar-refractivity contribution in [2.75, 3.05) is 5.32 Å². The van der Waals surface area contributed by atoms with Gasteiger partial charge in [-0.15, -0.1) is 10.2 Å². The number of amides is 1. The second-order valence-electron chi connectivity index (χ2n) is 5.32. The molecule has 0 aliphatic rings. The first kappa shape index (κ1) is 15.3. The van der Waals surface area contributed by atoms with E-state index in [2.05, 4.69) is 20.6 Å². The average molecular weight is 329 g/mol. The number of hydrogen-bond acceptors (Lipinski definition) is 6. The highest BCUT2D eigenvalue weighted by atomic mass is 32.1. The van der Waals surface area contributed by atoms with E-state index < -0.39 is 5.91 Å². The largest absolute Gasteiger partial charge is 0.295 e. The van der Waals surface area contributed by atoms with Crippen LogP contribution in [0.3, 0.4) is 0 Å². The van der Waals surface area contributed by atoms with Crippen molar-refractivity contribution in [3.63, 3.8) is 0 Å². The molecular formula is C15H15N5O2S. The van der Waals surface area contributed by atoms with Gasteiger partial charge in [-0.25, -0.2) is 4.68 Å². The molecule has 3 rings (SSSR count). The Bertz CT molecular complexity index is 944. The molecule has 0 spiro atoms. The van der Waals surface area contributed by atoms with Crippen molar-refractivity contribution in [1.82, 2.24) is 20.0 Å². The minimum atomic E-state index is -0.410. The second kappa shape index (κ2) is 5.88. The lowest BCUT2D eigenvalue weighted by Crippen LogP contribution is -2.28. The van der Waals surface area contributed by atoms with Crippen LogP contribution in [0.1, 0.15) is 35.4 Å². The third-order valence-corrected chi connectivity index (χ3v) is 4.03. The first-order valence-electron chi connectivity index (χ1n) is 7.10. The fourth-order valence-electron chi connectivity index (χ4n) is 2.23. The third kappa shape index (κ3) is 2.85. The van der Waals surface area contributed by atoms with Crippen LogP contribution in [0.5, 0.6) is 0 Å². The summed E-state index contributed by atoms with van der Waals surface area (Å²) in [5, 5.41) is 16.8. The van der Waals surface area contributed by atoms with E-state index in [4.69, 9.17) is 0 Å².